The number of amides is 3. The van der Waals surface area contributed by atoms with Crippen LogP contribution in [0.2, 0.25) is 5.02 Å². The molecule has 1 aliphatic carbocycles. The first-order valence-corrected chi connectivity index (χ1v) is 14.1. The molecule has 1 saturated carbocycles. The van der Waals surface area contributed by atoms with Gasteiger partial charge in [0.15, 0.2) is 0 Å². The number of hydrogen-bond donors (Lipinski definition) is 2. The zero-order valence-electron chi connectivity index (χ0n) is 22.3. The van der Waals surface area contributed by atoms with Gasteiger partial charge in [0.05, 0.1) is 0 Å². The molecular weight excluding hydrogens is 531 g/mol. The lowest BCUT2D eigenvalue weighted by atomic mass is 9.94. The highest BCUT2D eigenvalue weighted by Gasteiger charge is 2.33. The highest BCUT2D eigenvalue weighted by molar-refractivity contribution is 6.30. The SMILES string of the molecule is O=C(CCCC(=O)N(Cc1ccc(F)cc1)C(C(=O)NC1CCCCC1)c1ccc(Cl)cc1)Nc1ccccn1. The van der Waals surface area contributed by atoms with Crippen molar-refractivity contribution in [1.29, 1.82) is 0 Å². The molecule has 0 bridgehead atoms. The summed E-state index contributed by atoms with van der Waals surface area (Å²) in [6.07, 6.45) is 7.09. The maximum absolute atomic E-state index is 13.8. The fraction of sp³-hybridized carbons (Fsp3) is 0.355. The first kappa shape index (κ1) is 29.2. The number of rotatable bonds is 11. The van der Waals surface area contributed by atoms with Crippen LogP contribution in [0.3, 0.4) is 0 Å². The Morgan fingerprint density at radius 3 is 2.35 bits per heavy atom. The van der Waals surface area contributed by atoms with Gasteiger partial charge in [0.1, 0.15) is 17.7 Å². The van der Waals surface area contributed by atoms with Crippen LogP contribution in [-0.4, -0.2) is 33.6 Å². The van der Waals surface area contributed by atoms with E-state index in [0.29, 0.717) is 22.0 Å². The number of carbonyl (C=O) groups excluding carboxylic acids is 3. The van der Waals surface area contributed by atoms with Crippen LogP contribution in [0, 0.1) is 5.82 Å². The van der Waals surface area contributed by atoms with Crippen LogP contribution in [0.15, 0.2) is 72.9 Å². The molecule has 210 valence electrons. The molecule has 0 aliphatic heterocycles. The van der Waals surface area contributed by atoms with Gasteiger partial charge in [-0.25, -0.2) is 9.37 Å². The average molecular weight is 565 g/mol. The maximum Gasteiger partial charge on any atom is 0.247 e. The van der Waals surface area contributed by atoms with Crippen molar-refractivity contribution in [3.63, 3.8) is 0 Å². The Morgan fingerprint density at radius 1 is 0.950 bits per heavy atom. The number of anilines is 1. The van der Waals surface area contributed by atoms with Gasteiger partial charge in [-0.2, -0.15) is 0 Å². The number of benzene rings is 2. The van der Waals surface area contributed by atoms with Gasteiger partial charge < -0.3 is 15.5 Å². The van der Waals surface area contributed by atoms with Gasteiger partial charge in [0, 0.05) is 36.6 Å². The van der Waals surface area contributed by atoms with Crippen molar-refractivity contribution in [3.8, 4) is 0 Å². The fourth-order valence-electron chi connectivity index (χ4n) is 4.94. The lowest BCUT2D eigenvalue weighted by molar-refractivity contribution is -0.142. The molecule has 1 atom stereocenters. The Kier molecular flexibility index (Phi) is 10.6. The van der Waals surface area contributed by atoms with Gasteiger partial charge in [-0.3, -0.25) is 14.4 Å². The Balaban J connectivity index is 1.54. The van der Waals surface area contributed by atoms with Crippen LogP contribution < -0.4 is 10.6 Å². The monoisotopic (exact) mass is 564 g/mol. The lowest BCUT2D eigenvalue weighted by Gasteiger charge is -2.33. The van der Waals surface area contributed by atoms with Gasteiger partial charge in [-0.1, -0.05) is 61.2 Å². The van der Waals surface area contributed by atoms with Crippen molar-refractivity contribution < 1.29 is 18.8 Å². The Hall–Kier alpha value is -3.78. The van der Waals surface area contributed by atoms with Crippen LogP contribution in [-0.2, 0) is 20.9 Å². The molecule has 40 heavy (non-hydrogen) atoms. The third kappa shape index (κ3) is 8.61. The summed E-state index contributed by atoms with van der Waals surface area (Å²) in [5.74, 6) is -0.740. The number of hydrogen-bond acceptors (Lipinski definition) is 4. The predicted octanol–water partition coefficient (Wildman–Crippen LogP) is 6.20. The summed E-state index contributed by atoms with van der Waals surface area (Å²) >= 11 is 6.14. The highest BCUT2D eigenvalue weighted by atomic mass is 35.5. The summed E-state index contributed by atoms with van der Waals surface area (Å²) in [5.41, 5.74) is 1.31. The van der Waals surface area contributed by atoms with Crippen molar-refractivity contribution in [2.24, 2.45) is 0 Å². The van der Waals surface area contributed by atoms with E-state index in [0.717, 1.165) is 32.1 Å². The summed E-state index contributed by atoms with van der Waals surface area (Å²) in [7, 11) is 0. The van der Waals surface area contributed by atoms with Crippen molar-refractivity contribution in [3.05, 3.63) is 94.9 Å². The molecule has 7 nitrogen and oxygen atoms in total. The molecule has 1 unspecified atom stereocenters. The standard InChI is InChI=1S/C31H34ClFN4O3/c32-24-16-14-23(15-17-24)30(31(40)35-26-7-2-1-3-8-26)37(21-22-12-18-25(33)19-13-22)29(39)11-6-10-28(38)36-27-9-4-5-20-34-27/h4-5,9,12-20,26,30H,1-3,6-8,10-11,21H2,(H,35,40)(H,34,36,38). The van der Waals surface area contributed by atoms with E-state index < -0.39 is 6.04 Å². The summed E-state index contributed by atoms with van der Waals surface area (Å²) < 4.78 is 13.6. The van der Waals surface area contributed by atoms with E-state index in [-0.39, 0.29) is 55.4 Å². The second-order valence-electron chi connectivity index (χ2n) is 10.1. The number of aromatic nitrogens is 1. The quantitative estimate of drug-likeness (QED) is 0.290. The Morgan fingerprint density at radius 2 is 1.68 bits per heavy atom. The van der Waals surface area contributed by atoms with E-state index in [1.165, 1.54) is 17.0 Å². The Bertz CT molecular complexity index is 1270. The normalized spacial score (nSPS) is 14.2. The summed E-state index contributed by atoms with van der Waals surface area (Å²) in [5, 5.41) is 6.41. The van der Waals surface area contributed by atoms with E-state index in [1.54, 1.807) is 60.8 Å². The molecule has 0 saturated heterocycles. The van der Waals surface area contributed by atoms with E-state index in [2.05, 4.69) is 15.6 Å². The number of carbonyl (C=O) groups is 3. The minimum Gasteiger partial charge on any atom is -0.351 e. The summed E-state index contributed by atoms with van der Waals surface area (Å²) in [6.45, 7) is 0.102. The third-order valence-electron chi connectivity index (χ3n) is 7.01. The van der Waals surface area contributed by atoms with Crippen molar-refractivity contribution in [2.75, 3.05) is 5.32 Å². The van der Waals surface area contributed by atoms with Crippen LogP contribution in [0.25, 0.3) is 0 Å². The van der Waals surface area contributed by atoms with E-state index >= 15 is 0 Å². The van der Waals surface area contributed by atoms with E-state index in [9.17, 15) is 18.8 Å². The van der Waals surface area contributed by atoms with E-state index in [1.807, 2.05) is 0 Å². The van der Waals surface area contributed by atoms with Crippen molar-refractivity contribution >= 4 is 35.1 Å². The molecule has 0 spiro atoms. The molecule has 9 heteroatoms. The molecule has 2 N–H and O–H groups in total. The van der Waals surface area contributed by atoms with Crippen molar-refractivity contribution in [2.45, 2.75) is 70.0 Å². The third-order valence-corrected chi connectivity index (χ3v) is 7.26. The Labute approximate surface area is 239 Å². The van der Waals surface area contributed by atoms with Gasteiger partial charge in [-0.15, -0.1) is 0 Å². The number of halogens is 2. The molecule has 1 aromatic heterocycles. The molecule has 1 aliphatic rings. The minimum absolute atomic E-state index is 0.0501. The second-order valence-corrected chi connectivity index (χ2v) is 10.5. The number of nitrogens with zero attached hydrogens (tertiary/aromatic N) is 2. The number of nitrogens with one attached hydrogen (secondary N) is 2. The maximum atomic E-state index is 13.8. The number of pyridine rings is 1. The van der Waals surface area contributed by atoms with E-state index in [4.69, 9.17) is 11.6 Å². The molecule has 1 heterocycles. The predicted molar refractivity (Wildman–Crippen MR) is 153 cm³/mol. The molecule has 3 aromatic rings. The summed E-state index contributed by atoms with van der Waals surface area (Å²) in [6, 6.07) is 17.1. The highest BCUT2D eigenvalue weighted by Crippen LogP contribution is 2.28. The molecule has 4 rings (SSSR count). The van der Waals surface area contributed by atoms with Crippen LogP contribution in [0.4, 0.5) is 10.2 Å². The van der Waals surface area contributed by atoms with Crippen LogP contribution >= 0.6 is 11.6 Å². The summed E-state index contributed by atoms with van der Waals surface area (Å²) in [4.78, 5) is 45.6. The van der Waals surface area contributed by atoms with Gasteiger partial charge in [-0.05, 0) is 66.8 Å². The topological polar surface area (TPSA) is 91.4 Å². The smallest absolute Gasteiger partial charge is 0.247 e. The first-order chi connectivity index (χ1) is 19.4. The van der Waals surface area contributed by atoms with Gasteiger partial charge in [0.2, 0.25) is 17.7 Å². The van der Waals surface area contributed by atoms with Gasteiger partial charge in [0.25, 0.3) is 0 Å². The molecule has 0 radical (unpaired) electrons. The second kappa shape index (κ2) is 14.6. The molecule has 1 fully saturated rings. The zero-order chi connectivity index (χ0) is 28.3. The van der Waals surface area contributed by atoms with Crippen LogP contribution in [0.5, 0.6) is 0 Å². The van der Waals surface area contributed by atoms with Crippen molar-refractivity contribution in [1.82, 2.24) is 15.2 Å². The lowest BCUT2D eigenvalue weighted by Crippen LogP contribution is -2.46. The fourth-order valence-corrected chi connectivity index (χ4v) is 5.07. The zero-order valence-corrected chi connectivity index (χ0v) is 23.1. The molecule has 2 aromatic carbocycles. The minimum atomic E-state index is -0.918. The molecule has 3 amide bonds. The average Bonchev–Trinajstić information content (AvgIpc) is 2.96. The largest absolute Gasteiger partial charge is 0.351 e. The van der Waals surface area contributed by atoms with Crippen LogP contribution in [0.1, 0.15) is 68.5 Å². The molecular formula is C31H34ClFN4O3. The first-order valence-electron chi connectivity index (χ1n) is 13.7. The van der Waals surface area contributed by atoms with Gasteiger partial charge >= 0.3 is 0 Å².